The van der Waals surface area contributed by atoms with Crippen LogP contribution in [0.15, 0.2) is 30.5 Å². The lowest BCUT2D eigenvalue weighted by atomic mass is 10.1. The Labute approximate surface area is 110 Å². The third kappa shape index (κ3) is 2.93. The summed E-state index contributed by atoms with van der Waals surface area (Å²) in [6.07, 6.45) is 1.13. The van der Waals surface area contributed by atoms with Crippen molar-refractivity contribution in [3.8, 4) is 11.4 Å². The van der Waals surface area contributed by atoms with E-state index in [1.54, 1.807) is 32.0 Å². The number of carbonyl (C=O) groups excluding carboxylic acids is 1. The first kappa shape index (κ1) is 13.1. The fraction of sp³-hybridized carbons (Fsp3) is 0.214. The SMILES string of the molecule is CCOC(=O)c1ccc(-c2ccc(F)cn2)nc1C. The predicted octanol–water partition coefficient (Wildman–Crippen LogP) is 2.77. The molecule has 0 fully saturated rings. The molecule has 4 nitrogen and oxygen atoms in total. The molecule has 2 aromatic heterocycles. The molecule has 0 aromatic carbocycles. The normalized spacial score (nSPS) is 10.3. The van der Waals surface area contributed by atoms with Crippen LogP contribution >= 0.6 is 0 Å². The number of aromatic nitrogens is 2. The second kappa shape index (κ2) is 5.56. The highest BCUT2D eigenvalue weighted by Crippen LogP contribution is 2.17. The van der Waals surface area contributed by atoms with E-state index < -0.39 is 11.8 Å². The summed E-state index contributed by atoms with van der Waals surface area (Å²) in [7, 11) is 0. The molecule has 0 bridgehead atoms. The van der Waals surface area contributed by atoms with Gasteiger partial charge in [0.25, 0.3) is 0 Å². The number of hydrogen-bond acceptors (Lipinski definition) is 4. The highest BCUT2D eigenvalue weighted by molar-refractivity contribution is 5.90. The molecule has 0 amide bonds. The van der Waals surface area contributed by atoms with E-state index in [0.29, 0.717) is 29.3 Å². The maximum atomic E-state index is 12.8. The van der Waals surface area contributed by atoms with Crippen LogP contribution in [-0.2, 0) is 4.74 Å². The Bertz CT molecular complexity index is 597. The van der Waals surface area contributed by atoms with Gasteiger partial charge in [0.15, 0.2) is 0 Å². The molecule has 2 rings (SSSR count). The minimum Gasteiger partial charge on any atom is -0.462 e. The highest BCUT2D eigenvalue weighted by Gasteiger charge is 2.12. The summed E-state index contributed by atoms with van der Waals surface area (Å²) in [6.45, 7) is 3.79. The number of aryl methyl sites for hydroxylation is 1. The molecule has 0 saturated heterocycles. The average molecular weight is 260 g/mol. The van der Waals surface area contributed by atoms with E-state index >= 15 is 0 Å². The van der Waals surface area contributed by atoms with Crippen LogP contribution in [0.25, 0.3) is 11.4 Å². The van der Waals surface area contributed by atoms with Crippen molar-refractivity contribution in [2.75, 3.05) is 6.61 Å². The number of halogens is 1. The summed E-state index contributed by atoms with van der Waals surface area (Å²) < 4.78 is 17.7. The van der Waals surface area contributed by atoms with E-state index in [1.165, 1.54) is 6.07 Å². The van der Waals surface area contributed by atoms with Gasteiger partial charge in [-0.25, -0.2) is 9.18 Å². The van der Waals surface area contributed by atoms with E-state index in [2.05, 4.69) is 9.97 Å². The third-order valence-electron chi connectivity index (χ3n) is 2.57. The maximum absolute atomic E-state index is 12.8. The van der Waals surface area contributed by atoms with E-state index in [4.69, 9.17) is 4.74 Å². The molecule has 0 unspecified atom stereocenters. The van der Waals surface area contributed by atoms with E-state index in [-0.39, 0.29) is 0 Å². The Balaban J connectivity index is 2.33. The molecule has 0 radical (unpaired) electrons. The van der Waals surface area contributed by atoms with Crippen molar-refractivity contribution in [2.24, 2.45) is 0 Å². The van der Waals surface area contributed by atoms with Gasteiger partial charge in [-0.05, 0) is 38.1 Å². The monoisotopic (exact) mass is 260 g/mol. The Kier molecular flexibility index (Phi) is 3.85. The van der Waals surface area contributed by atoms with Crippen molar-refractivity contribution in [1.82, 2.24) is 9.97 Å². The average Bonchev–Trinajstić information content (AvgIpc) is 2.39. The van der Waals surface area contributed by atoms with Gasteiger partial charge in [0.2, 0.25) is 0 Å². The minimum absolute atomic E-state index is 0.319. The Morgan fingerprint density at radius 3 is 2.58 bits per heavy atom. The Morgan fingerprint density at radius 1 is 1.26 bits per heavy atom. The Hall–Kier alpha value is -2.30. The van der Waals surface area contributed by atoms with Crippen LogP contribution in [0, 0.1) is 12.7 Å². The molecule has 0 aliphatic heterocycles. The number of nitrogens with zero attached hydrogens (tertiary/aromatic N) is 2. The summed E-state index contributed by atoms with van der Waals surface area (Å²) in [5.74, 6) is -0.797. The van der Waals surface area contributed by atoms with Crippen LogP contribution in [0.4, 0.5) is 4.39 Å². The van der Waals surface area contributed by atoms with Crippen molar-refractivity contribution < 1.29 is 13.9 Å². The second-order valence-electron chi connectivity index (χ2n) is 3.91. The molecule has 0 N–H and O–H groups in total. The van der Waals surface area contributed by atoms with Crippen LogP contribution in [0.3, 0.4) is 0 Å². The van der Waals surface area contributed by atoms with Gasteiger partial charge in [-0.1, -0.05) is 0 Å². The Morgan fingerprint density at radius 2 is 2.00 bits per heavy atom. The first-order valence-corrected chi connectivity index (χ1v) is 5.88. The summed E-state index contributed by atoms with van der Waals surface area (Å²) in [5.41, 5.74) is 2.13. The zero-order valence-electron chi connectivity index (χ0n) is 10.7. The first-order chi connectivity index (χ1) is 9.11. The van der Waals surface area contributed by atoms with E-state index in [1.807, 2.05) is 0 Å². The highest BCUT2D eigenvalue weighted by atomic mass is 19.1. The van der Waals surface area contributed by atoms with Crippen LogP contribution in [-0.4, -0.2) is 22.5 Å². The quantitative estimate of drug-likeness (QED) is 0.796. The summed E-state index contributed by atoms with van der Waals surface area (Å²) in [4.78, 5) is 19.9. The molecule has 0 spiro atoms. The van der Waals surface area contributed by atoms with Gasteiger partial charge in [-0.15, -0.1) is 0 Å². The van der Waals surface area contributed by atoms with Gasteiger partial charge in [0.1, 0.15) is 5.82 Å². The molecule has 5 heteroatoms. The molecule has 0 aliphatic carbocycles. The fourth-order valence-corrected chi connectivity index (χ4v) is 1.66. The molecular formula is C14H13FN2O2. The van der Waals surface area contributed by atoms with Gasteiger partial charge in [0, 0.05) is 0 Å². The van der Waals surface area contributed by atoms with Crippen LogP contribution in [0.1, 0.15) is 23.0 Å². The standard InChI is InChI=1S/C14H13FN2O2/c1-3-19-14(18)11-5-7-13(17-9(11)2)12-6-4-10(15)8-16-12/h4-8H,3H2,1-2H3. The third-order valence-corrected chi connectivity index (χ3v) is 2.57. The lowest BCUT2D eigenvalue weighted by molar-refractivity contribution is 0.0525. The van der Waals surface area contributed by atoms with Gasteiger partial charge in [-0.3, -0.25) is 9.97 Å². The summed E-state index contributed by atoms with van der Waals surface area (Å²) in [6, 6.07) is 6.17. The molecule has 19 heavy (non-hydrogen) atoms. The topological polar surface area (TPSA) is 52.1 Å². The number of rotatable bonds is 3. The molecule has 98 valence electrons. The summed E-state index contributed by atoms with van der Waals surface area (Å²) >= 11 is 0. The largest absolute Gasteiger partial charge is 0.462 e. The minimum atomic E-state index is -0.399. The number of esters is 1. The van der Waals surface area contributed by atoms with Crippen LogP contribution in [0.2, 0.25) is 0 Å². The predicted molar refractivity (Wildman–Crippen MR) is 68.1 cm³/mol. The lowest BCUT2D eigenvalue weighted by Gasteiger charge is -2.06. The van der Waals surface area contributed by atoms with Crippen molar-refractivity contribution >= 4 is 5.97 Å². The molecule has 2 aromatic rings. The second-order valence-corrected chi connectivity index (χ2v) is 3.91. The zero-order valence-corrected chi connectivity index (χ0v) is 10.7. The van der Waals surface area contributed by atoms with Crippen LogP contribution in [0.5, 0.6) is 0 Å². The van der Waals surface area contributed by atoms with E-state index in [9.17, 15) is 9.18 Å². The lowest BCUT2D eigenvalue weighted by Crippen LogP contribution is -2.08. The number of pyridine rings is 2. The van der Waals surface area contributed by atoms with Crippen molar-refractivity contribution in [3.63, 3.8) is 0 Å². The van der Waals surface area contributed by atoms with Gasteiger partial charge in [-0.2, -0.15) is 0 Å². The van der Waals surface area contributed by atoms with Crippen molar-refractivity contribution in [1.29, 1.82) is 0 Å². The van der Waals surface area contributed by atoms with Gasteiger partial charge in [0.05, 0.1) is 35.4 Å². The number of carbonyl (C=O) groups is 1. The number of ether oxygens (including phenoxy) is 1. The van der Waals surface area contributed by atoms with Gasteiger partial charge < -0.3 is 4.74 Å². The smallest absolute Gasteiger partial charge is 0.339 e. The molecular weight excluding hydrogens is 247 g/mol. The summed E-state index contributed by atoms with van der Waals surface area (Å²) in [5, 5.41) is 0. The molecule has 0 aliphatic rings. The van der Waals surface area contributed by atoms with E-state index in [0.717, 1.165) is 6.20 Å². The van der Waals surface area contributed by atoms with Crippen LogP contribution < -0.4 is 0 Å². The van der Waals surface area contributed by atoms with Crippen molar-refractivity contribution in [3.05, 3.63) is 47.5 Å². The first-order valence-electron chi connectivity index (χ1n) is 5.88. The molecule has 0 atom stereocenters. The fourth-order valence-electron chi connectivity index (χ4n) is 1.66. The van der Waals surface area contributed by atoms with Gasteiger partial charge >= 0.3 is 5.97 Å². The zero-order chi connectivity index (χ0) is 13.8. The number of hydrogen-bond donors (Lipinski definition) is 0. The molecule has 0 saturated carbocycles. The maximum Gasteiger partial charge on any atom is 0.339 e. The molecule has 2 heterocycles. The van der Waals surface area contributed by atoms with Crippen molar-refractivity contribution in [2.45, 2.75) is 13.8 Å².